The van der Waals surface area contributed by atoms with Gasteiger partial charge in [0.15, 0.2) is 0 Å². The summed E-state index contributed by atoms with van der Waals surface area (Å²) in [6.07, 6.45) is 2.47. The van der Waals surface area contributed by atoms with Gasteiger partial charge in [0.25, 0.3) is 0 Å². The van der Waals surface area contributed by atoms with E-state index in [0.717, 1.165) is 37.0 Å². The summed E-state index contributed by atoms with van der Waals surface area (Å²) >= 11 is 0. The van der Waals surface area contributed by atoms with Crippen molar-refractivity contribution < 1.29 is 4.52 Å². The van der Waals surface area contributed by atoms with Gasteiger partial charge < -0.3 is 10.3 Å². The highest BCUT2D eigenvalue weighted by atomic mass is 16.5. The van der Waals surface area contributed by atoms with Gasteiger partial charge in [-0.3, -0.25) is 4.90 Å². The van der Waals surface area contributed by atoms with Crippen molar-refractivity contribution in [2.45, 2.75) is 46.2 Å². The van der Waals surface area contributed by atoms with Gasteiger partial charge in [0.1, 0.15) is 5.76 Å². The van der Waals surface area contributed by atoms with E-state index in [0.29, 0.717) is 6.04 Å². The van der Waals surface area contributed by atoms with Crippen LogP contribution in [0.2, 0.25) is 0 Å². The van der Waals surface area contributed by atoms with Crippen molar-refractivity contribution in [3.63, 3.8) is 0 Å². The molecule has 1 aliphatic rings. The van der Waals surface area contributed by atoms with Gasteiger partial charge in [-0.15, -0.1) is 0 Å². The highest BCUT2D eigenvalue weighted by Crippen LogP contribution is 2.25. The fraction of sp³-hybridized carbons (Fsp3) is 0.769. The lowest BCUT2D eigenvalue weighted by Gasteiger charge is -2.37. The second-order valence-corrected chi connectivity index (χ2v) is 5.29. The third kappa shape index (κ3) is 2.69. The summed E-state index contributed by atoms with van der Waals surface area (Å²) in [6.45, 7) is 9.11. The quantitative estimate of drug-likeness (QED) is 0.871. The van der Waals surface area contributed by atoms with Crippen LogP contribution in [0, 0.1) is 19.8 Å². The van der Waals surface area contributed by atoms with Gasteiger partial charge in [-0.1, -0.05) is 12.1 Å². The molecule has 2 atom stereocenters. The molecule has 1 fully saturated rings. The molecule has 0 saturated carbocycles. The summed E-state index contributed by atoms with van der Waals surface area (Å²) in [5, 5.41) is 4.01. The lowest BCUT2D eigenvalue weighted by atomic mass is 9.92. The first-order valence-corrected chi connectivity index (χ1v) is 6.47. The number of aryl methyl sites for hydroxylation is 2. The van der Waals surface area contributed by atoms with E-state index in [1.807, 2.05) is 13.8 Å². The summed E-state index contributed by atoms with van der Waals surface area (Å²) in [4.78, 5) is 2.48. The molecule has 4 heteroatoms. The Morgan fingerprint density at radius 3 is 2.82 bits per heavy atom. The van der Waals surface area contributed by atoms with E-state index in [9.17, 15) is 0 Å². The zero-order chi connectivity index (χ0) is 12.4. The minimum absolute atomic E-state index is 0.507. The molecule has 1 saturated heterocycles. The van der Waals surface area contributed by atoms with Crippen LogP contribution < -0.4 is 5.73 Å². The molecule has 1 aromatic heterocycles. The van der Waals surface area contributed by atoms with Crippen LogP contribution in [0.4, 0.5) is 0 Å². The van der Waals surface area contributed by atoms with E-state index in [-0.39, 0.29) is 0 Å². The maximum Gasteiger partial charge on any atom is 0.138 e. The minimum atomic E-state index is 0.507. The highest BCUT2D eigenvalue weighted by Gasteiger charge is 2.26. The predicted molar refractivity (Wildman–Crippen MR) is 67.6 cm³/mol. The Morgan fingerprint density at radius 2 is 2.24 bits per heavy atom. The molecule has 0 amide bonds. The van der Waals surface area contributed by atoms with Crippen LogP contribution in [0.3, 0.4) is 0 Å². The largest absolute Gasteiger partial charge is 0.361 e. The number of nitrogens with two attached hydrogens (primary N) is 1. The van der Waals surface area contributed by atoms with Gasteiger partial charge in [0.05, 0.1) is 5.69 Å². The van der Waals surface area contributed by atoms with Crippen molar-refractivity contribution >= 4 is 0 Å². The number of hydrogen-bond acceptors (Lipinski definition) is 4. The molecule has 0 aromatic carbocycles. The number of aromatic nitrogens is 1. The number of hydrogen-bond donors (Lipinski definition) is 1. The average Bonchev–Trinajstić information content (AvgIpc) is 2.62. The smallest absolute Gasteiger partial charge is 0.138 e. The molecule has 17 heavy (non-hydrogen) atoms. The first-order valence-electron chi connectivity index (χ1n) is 6.47. The first-order chi connectivity index (χ1) is 8.11. The van der Waals surface area contributed by atoms with Crippen LogP contribution in [-0.4, -0.2) is 29.2 Å². The average molecular weight is 237 g/mol. The fourth-order valence-electron chi connectivity index (χ4n) is 2.68. The van der Waals surface area contributed by atoms with Crippen LogP contribution in [-0.2, 0) is 6.54 Å². The topological polar surface area (TPSA) is 55.3 Å². The third-order valence-corrected chi connectivity index (χ3v) is 3.91. The molecule has 2 rings (SSSR count). The number of likely N-dealkylation sites (tertiary alicyclic amines) is 1. The monoisotopic (exact) mass is 237 g/mol. The minimum Gasteiger partial charge on any atom is -0.361 e. The molecular formula is C13H23N3O. The molecule has 96 valence electrons. The van der Waals surface area contributed by atoms with Crippen LogP contribution in [0.25, 0.3) is 0 Å². The van der Waals surface area contributed by atoms with E-state index in [1.54, 1.807) is 0 Å². The standard InChI is InChI=1S/C13H23N3O/c1-9-4-5-16(12(6-9)7-14)8-13-10(2)15-17-11(13)3/h9,12H,4-8,14H2,1-3H3. The lowest BCUT2D eigenvalue weighted by molar-refractivity contribution is 0.114. The molecule has 2 unspecified atom stereocenters. The first kappa shape index (κ1) is 12.6. The molecule has 0 bridgehead atoms. The van der Waals surface area contributed by atoms with Gasteiger partial charge in [0, 0.05) is 24.7 Å². The summed E-state index contributed by atoms with van der Waals surface area (Å²) in [5.74, 6) is 1.74. The molecule has 1 aromatic rings. The summed E-state index contributed by atoms with van der Waals surface area (Å²) in [5.41, 5.74) is 8.13. The molecule has 0 spiro atoms. The zero-order valence-electron chi connectivity index (χ0n) is 11.1. The second-order valence-electron chi connectivity index (χ2n) is 5.29. The molecule has 0 radical (unpaired) electrons. The third-order valence-electron chi connectivity index (χ3n) is 3.91. The lowest BCUT2D eigenvalue weighted by Crippen LogP contribution is -2.45. The molecule has 4 nitrogen and oxygen atoms in total. The van der Waals surface area contributed by atoms with Crippen molar-refractivity contribution in [1.82, 2.24) is 10.1 Å². The van der Waals surface area contributed by atoms with Crippen LogP contribution in [0.1, 0.15) is 36.8 Å². The number of rotatable bonds is 3. The van der Waals surface area contributed by atoms with E-state index in [2.05, 4.69) is 17.0 Å². The van der Waals surface area contributed by atoms with Gasteiger partial charge in [-0.2, -0.15) is 0 Å². The summed E-state index contributed by atoms with van der Waals surface area (Å²) < 4.78 is 5.22. The molecular weight excluding hydrogens is 214 g/mol. The molecule has 2 N–H and O–H groups in total. The van der Waals surface area contributed by atoms with Crippen LogP contribution in [0.5, 0.6) is 0 Å². The fourth-order valence-corrected chi connectivity index (χ4v) is 2.68. The Hall–Kier alpha value is -0.870. The normalized spacial score (nSPS) is 26.4. The van der Waals surface area contributed by atoms with Gasteiger partial charge in [0.2, 0.25) is 0 Å². The van der Waals surface area contributed by atoms with Crippen LogP contribution >= 0.6 is 0 Å². The number of piperidine rings is 1. The molecule has 2 heterocycles. The second kappa shape index (κ2) is 5.19. The Labute approximate surface area is 103 Å². The molecule has 0 aliphatic carbocycles. The van der Waals surface area contributed by atoms with Crippen molar-refractivity contribution in [3.8, 4) is 0 Å². The van der Waals surface area contributed by atoms with E-state index < -0.39 is 0 Å². The van der Waals surface area contributed by atoms with Crippen molar-refractivity contribution in [2.75, 3.05) is 13.1 Å². The van der Waals surface area contributed by atoms with Gasteiger partial charge in [-0.05, 0) is 39.2 Å². The maximum atomic E-state index is 5.88. The SMILES string of the molecule is Cc1noc(C)c1CN1CCC(C)CC1CN. The van der Waals surface area contributed by atoms with E-state index in [4.69, 9.17) is 10.3 Å². The van der Waals surface area contributed by atoms with Gasteiger partial charge >= 0.3 is 0 Å². The Kier molecular flexibility index (Phi) is 3.84. The summed E-state index contributed by atoms with van der Waals surface area (Å²) in [6, 6.07) is 0.507. The van der Waals surface area contributed by atoms with Crippen LogP contribution in [0.15, 0.2) is 4.52 Å². The Morgan fingerprint density at radius 1 is 1.47 bits per heavy atom. The Bertz CT molecular complexity index is 355. The highest BCUT2D eigenvalue weighted by molar-refractivity contribution is 5.20. The van der Waals surface area contributed by atoms with Crippen molar-refractivity contribution in [2.24, 2.45) is 11.7 Å². The Balaban J connectivity index is 2.07. The van der Waals surface area contributed by atoms with Gasteiger partial charge in [-0.25, -0.2) is 0 Å². The maximum absolute atomic E-state index is 5.88. The van der Waals surface area contributed by atoms with Crippen molar-refractivity contribution in [3.05, 3.63) is 17.0 Å². The van der Waals surface area contributed by atoms with E-state index in [1.165, 1.54) is 18.4 Å². The summed E-state index contributed by atoms with van der Waals surface area (Å²) in [7, 11) is 0. The predicted octanol–water partition coefficient (Wildman–Crippen LogP) is 1.85. The van der Waals surface area contributed by atoms with E-state index >= 15 is 0 Å². The number of nitrogens with zero attached hydrogens (tertiary/aromatic N) is 2. The van der Waals surface area contributed by atoms with Crippen molar-refractivity contribution in [1.29, 1.82) is 0 Å². The zero-order valence-corrected chi connectivity index (χ0v) is 11.1. The molecule has 1 aliphatic heterocycles.